The minimum Gasteiger partial charge on any atom is -0.346 e. The van der Waals surface area contributed by atoms with Crippen LogP contribution < -0.4 is 20.9 Å². The van der Waals surface area contributed by atoms with Crippen molar-refractivity contribution in [1.29, 1.82) is 0 Å². The van der Waals surface area contributed by atoms with Crippen LogP contribution in [-0.4, -0.2) is 36.3 Å². The summed E-state index contributed by atoms with van der Waals surface area (Å²) in [5, 5.41) is 8.48. The lowest BCUT2D eigenvalue weighted by Crippen LogP contribution is -2.52. The fourth-order valence-corrected chi connectivity index (χ4v) is 4.61. The molecule has 0 radical (unpaired) electrons. The van der Waals surface area contributed by atoms with Gasteiger partial charge in [0.1, 0.15) is 6.54 Å². The number of carbonyl (C=O) groups is 3. The molecule has 3 N–H and O–H groups in total. The number of hydrogen-bond donors (Lipinski definition) is 3. The number of urea groups is 1. The van der Waals surface area contributed by atoms with E-state index in [2.05, 4.69) is 20.9 Å². The first kappa shape index (κ1) is 26.6. The Kier molecular flexibility index (Phi) is 7.62. The molecule has 0 saturated carbocycles. The molecule has 0 saturated heterocycles. The number of para-hydroxylation sites is 1. The molecule has 0 spiro atoms. The number of aliphatic imine (C=N–C) groups is 1. The van der Waals surface area contributed by atoms with Gasteiger partial charge in [-0.25, -0.2) is 4.79 Å². The van der Waals surface area contributed by atoms with Gasteiger partial charge < -0.3 is 16.0 Å². The summed E-state index contributed by atoms with van der Waals surface area (Å²) in [6, 6.07) is 22.1. The summed E-state index contributed by atoms with van der Waals surface area (Å²) in [7, 11) is 0. The number of anilines is 2. The van der Waals surface area contributed by atoms with E-state index < -0.39 is 23.6 Å². The van der Waals surface area contributed by atoms with Crippen molar-refractivity contribution in [2.75, 3.05) is 16.8 Å². The molecule has 196 valence electrons. The summed E-state index contributed by atoms with van der Waals surface area (Å²) in [4.78, 5) is 45.9. The molecule has 0 aromatic heterocycles. The Morgan fingerprint density at radius 3 is 2.37 bits per heavy atom. The number of rotatable bonds is 6. The number of hydrogen-bond acceptors (Lipinski definition) is 4. The second-order valence-electron chi connectivity index (χ2n) is 10.0. The van der Waals surface area contributed by atoms with Gasteiger partial charge in [-0.15, -0.1) is 0 Å². The third kappa shape index (κ3) is 5.91. The van der Waals surface area contributed by atoms with Crippen molar-refractivity contribution in [3.8, 4) is 0 Å². The summed E-state index contributed by atoms with van der Waals surface area (Å²) in [6.07, 6.45) is -1.21. The number of aryl methyl sites for hydroxylation is 2. The fourth-order valence-electron chi connectivity index (χ4n) is 4.61. The van der Waals surface area contributed by atoms with Gasteiger partial charge in [-0.2, -0.15) is 0 Å². The zero-order valence-electron chi connectivity index (χ0n) is 22.3. The zero-order valence-corrected chi connectivity index (χ0v) is 22.3. The van der Waals surface area contributed by atoms with E-state index in [0.717, 1.165) is 22.3 Å². The van der Waals surface area contributed by atoms with Gasteiger partial charge >= 0.3 is 6.03 Å². The van der Waals surface area contributed by atoms with Gasteiger partial charge in [-0.3, -0.25) is 19.5 Å². The van der Waals surface area contributed by atoms with Gasteiger partial charge in [0.05, 0.1) is 11.2 Å². The summed E-state index contributed by atoms with van der Waals surface area (Å²) < 4.78 is 0. The number of benzodiazepines with no additional fused rings is 1. The fraction of sp³-hybridized carbons (Fsp3) is 0.267. The van der Waals surface area contributed by atoms with E-state index in [1.165, 1.54) is 4.90 Å². The summed E-state index contributed by atoms with van der Waals surface area (Å²) in [6.45, 7) is 9.20. The van der Waals surface area contributed by atoms with Crippen molar-refractivity contribution >= 4 is 34.9 Å². The van der Waals surface area contributed by atoms with Gasteiger partial charge in [0.2, 0.25) is 12.1 Å². The van der Waals surface area contributed by atoms with Gasteiger partial charge in [0, 0.05) is 17.0 Å². The SMILES string of the molecule is CC1=N[C@@H](NC(=O)Nc2cccc(C)c2)C(=O)N(CC(=O)NC(C)(C)c2ccccc2)c2c(C)cccc21. The molecule has 38 heavy (non-hydrogen) atoms. The van der Waals surface area contributed by atoms with Crippen LogP contribution in [0.15, 0.2) is 77.8 Å². The number of nitrogens with zero attached hydrogens (tertiary/aromatic N) is 2. The first-order chi connectivity index (χ1) is 18.0. The van der Waals surface area contributed by atoms with Crippen molar-refractivity contribution < 1.29 is 14.4 Å². The maximum absolute atomic E-state index is 13.8. The van der Waals surface area contributed by atoms with Crippen molar-refractivity contribution in [3.63, 3.8) is 0 Å². The Hall–Kier alpha value is -4.46. The van der Waals surface area contributed by atoms with E-state index in [4.69, 9.17) is 0 Å². The molecule has 1 atom stereocenters. The van der Waals surface area contributed by atoms with Crippen LogP contribution in [-0.2, 0) is 15.1 Å². The molecular weight excluding hydrogens is 478 g/mol. The summed E-state index contributed by atoms with van der Waals surface area (Å²) >= 11 is 0. The Morgan fingerprint density at radius 2 is 1.66 bits per heavy atom. The molecule has 1 aliphatic rings. The van der Waals surface area contributed by atoms with Crippen molar-refractivity contribution in [3.05, 3.63) is 95.1 Å². The first-order valence-electron chi connectivity index (χ1n) is 12.5. The second kappa shape index (κ2) is 10.9. The lowest BCUT2D eigenvalue weighted by Gasteiger charge is -2.30. The topological polar surface area (TPSA) is 103 Å². The van der Waals surface area contributed by atoms with E-state index in [-0.39, 0.29) is 12.5 Å². The predicted octanol–water partition coefficient (Wildman–Crippen LogP) is 4.66. The molecule has 3 aromatic carbocycles. The van der Waals surface area contributed by atoms with Crippen LogP contribution in [0.3, 0.4) is 0 Å². The number of carbonyl (C=O) groups excluding carboxylic acids is 3. The van der Waals surface area contributed by atoms with Crippen LogP contribution >= 0.6 is 0 Å². The van der Waals surface area contributed by atoms with E-state index in [1.807, 2.05) is 94.4 Å². The average molecular weight is 512 g/mol. The first-order valence-corrected chi connectivity index (χ1v) is 12.5. The molecule has 4 amide bonds. The zero-order chi connectivity index (χ0) is 27.4. The highest BCUT2D eigenvalue weighted by Crippen LogP contribution is 2.30. The second-order valence-corrected chi connectivity index (χ2v) is 10.0. The van der Waals surface area contributed by atoms with Crippen LogP contribution in [0.1, 0.15) is 43.0 Å². The van der Waals surface area contributed by atoms with E-state index >= 15 is 0 Å². The molecule has 3 aromatic rings. The molecule has 0 unspecified atom stereocenters. The average Bonchev–Trinajstić information content (AvgIpc) is 2.95. The third-order valence-corrected chi connectivity index (χ3v) is 6.51. The minimum absolute atomic E-state index is 0.229. The molecule has 1 heterocycles. The highest BCUT2D eigenvalue weighted by molar-refractivity contribution is 6.14. The third-order valence-electron chi connectivity index (χ3n) is 6.51. The van der Waals surface area contributed by atoms with Crippen LogP contribution in [0, 0.1) is 13.8 Å². The summed E-state index contributed by atoms with van der Waals surface area (Å²) in [5.74, 6) is -0.826. The molecule has 0 bridgehead atoms. The number of nitrogens with one attached hydrogen (secondary N) is 3. The molecule has 8 heteroatoms. The van der Waals surface area contributed by atoms with Gasteiger partial charge in [-0.05, 0) is 63.4 Å². The maximum atomic E-state index is 13.8. The normalized spacial score (nSPS) is 15.2. The van der Waals surface area contributed by atoms with Gasteiger partial charge in [0.25, 0.3) is 5.91 Å². The Balaban J connectivity index is 1.60. The number of amides is 4. The van der Waals surface area contributed by atoms with E-state index in [9.17, 15) is 14.4 Å². The predicted molar refractivity (Wildman–Crippen MR) is 150 cm³/mol. The molecular formula is C30H33N5O3. The summed E-state index contributed by atoms with van der Waals surface area (Å²) in [5.41, 5.74) is 4.63. The standard InChI is InChI=1S/C30H33N5O3/c1-19-11-9-15-23(17-19)32-29(38)33-27-28(37)35(26-20(2)12-10-16-24(26)21(3)31-27)18-25(36)34-30(4,5)22-13-7-6-8-14-22/h6-17,27H,18H2,1-5H3,(H,34,36)(H2,32,33,38)/t27-/m0/s1. The quantitative estimate of drug-likeness (QED) is 0.449. The number of benzene rings is 3. The lowest BCUT2D eigenvalue weighted by atomic mass is 9.94. The van der Waals surface area contributed by atoms with Gasteiger partial charge in [0.15, 0.2) is 0 Å². The van der Waals surface area contributed by atoms with Crippen molar-refractivity contribution in [2.24, 2.45) is 4.99 Å². The number of fused-ring (bicyclic) bond motifs is 1. The highest BCUT2D eigenvalue weighted by atomic mass is 16.2. The van der Waals surface area contributed by atoms with Crippen molar-refractivity contribution in [2.45, 2.75) is 46.3 Å². The minimum atomic E-state index is -1.21. The Bertz CT molecular complexity index is 1400. The van der Waals surface area contributed by atoms with Crippen LogP contribution in [0.4, 0.5) is 16.2 Å². The van der Waals surface area contributed by atoms with Crippen molar-refractivity contribution in [1.82, 2.24) is 10.6 Å². The highest BCUT2D eigenvalue weighted by Gasteiger charge is 2.34. The molecule has 0 aliphatic carbocycles. The smallest absolute Gasteiger partial charge is 0.321 e. The molecule has 1 aliphatic heterocycles. The molecule has 4 rings (SSSR count). The van der Waals surface area contributed by atoms with E-state index in [1.54, 1.807) is 13.0 Å². The monoisotopic (exact) mass is 511 g/mol. The van der Waals surface area contributed by atoms with Gasteiger partial charge in [-0.1, -0.05) is 60.7 Å². The van der Waals surface area contributed by atoms with Crippen LogP contribution in [0.25, 0.3) is 0 Å². The largest absolute Gasteiger partial charge is 0.346 e. The Labute approximate surface area is 223 Å². The van der Waals surface area contributed by atoms with Crippen LogP contribution in [0.5, 0.6) is 0 Å². The molecule has 8 nitrogen and oxygen atoms in total. The lowest BCUT2D eigenvalue weighted by molar-refractivity contribution is -0.125. The maximum Gasteiger partial charge on any atom is 0.321 e. The van der Waals surface area contributed by atoms with Crippen LogP contribution in [0.2, 0.25) is 0 Å². The van der Waals surface area contributed by atoms with E-state index in [0.29, 0.717) is 17.1 Å². The molecule has 0 fully saturated rings. The Morgan fingerprint density at radius 1 is 0.947 bits per heavy atom.